The van der Waals surface area contributed by atoms with Crippen molar-refractivity contribution in [2.45, 2.75) is 24.6 Å². The Labute approximate surface area is 101 Å². The molecule has 1 fully saturated rings. The minimum atomic E-state index is -0.237. The van der Waals surface area contributed by atoms with E-state index in [1.807, 2.05) is 18.2 Å². The van der Waals surface area contributed by atoms with Crippen LogP contribution in [0.2, 0.25) is 0 Å². The second kappa shape index (κ2) is 5.35. The van der Waals surface area contributed by atoms with Crippen molar-refractivity contribution >= 4 is 17.6 Å². The maximum atomic E-state index is 11.6. The summed E-state index contributed by atoms with van der Waals surface area (Å²) in [5.74, 6) is 0.203. The van der Waals surface area contributed by atoms with Gasteiger partial charge in [-0.25, -0.2) is 4.79 Å². The highest BCUT2D eigenvalue weighted by Gasteiger charge is 2.24. The molecule has 0 aliphatic heterocycles. The van der Waals surface area contributed by atoms with Gasteiger partial charge >= 0.3 is 5.97 Å². The summed E-state index contributed by atoms with van der Waals surface area (Å²) in [5, 5.41) is 0.264. The van der Waals surface area contributed by atoms with E-state index in [1.165, 1.54) is 0 Å². The zero-order chi connectivity index (χ0) is 11.4. The third-order valence-corrected chi connectivity index (χ3v) is 3.33. The van der Waals surface area contributed by atoms with Crippen LogP contribution in [0.3, 0.4) is 0 Å². The Hall–Kier alpha value is -1.02. The van der Waals surface area contributed by atoms with Crippen molar-refractivity contribution in [3.63, 3.8) is 0 Å². The van der Waals surface area contributed by atoms with E-state index in [0.29, 0.717) is 18.1 Å². The topological polar surface area (TPSA) is 26.3 Å². The molecule has 0 saturated heterocycles. The maximum Gasteiger partial charge on any atom is 0.338 e. The van der Waals surface area contributed by atoms with Crippen LogP contribution in [0.15, 0.2) is 30.3 Å². The molecule has 2 atom stereocenters. The predicted molar refractivity (Wildman–Crippen MR) is 63.7 cm³/mol. The lowest BCUT2D eigenvalue weighted by Gasteiger charge is -2.10. The normalized spacial score (nSPS) is 24.3. The van der Waals surface area contributed by atoms with Crippen LogP contribution in [-0.2, 0) is 4.74 Å². The number of carbonyl (C=O) groups is 1. The molecule has 2 nitrogen and oxygen atoms in total. The summed E-state index contributed by atoms with van der Waals surface area (Å²) in [5.41, 5.74) is 0.614. The standard InChI is InChI=1S/C13H15ClO2/c14-12-7-6-10(8-12)9-16-13(15)11-4-2-1-3-5-11/h1-5,10,12H,6-9H2. The first kappa shape index (κ1) is 11.5. The van der Waals surface area contributed by atoms with Crippen LogP contribution >= 0.6 is 11.6 Å². The average molecular weight is 239 g/mol. The molecule has 1 aliphatic rings. The molecule has 1 aromatic rings. The SMILES string of the molecule is O=C(OCC1CCC(Cl)C1)c1ccccc1. The minimum absolute atomic E-state index is 0.237. The van der Waals surface area contributed by atoms with E-state index in [9.17, 15) is 4.79 Å². The smallest absolute Gasteiger partial charge is 0.338 e. The number of carbonyl (C=O) groups excluding carboxylic acids is 1. The molecule has 0 bridgehead atoms. The first-order valence-electron chi connectivity index (χ1n) is 5.62. The second-order valence-corrected chi connectivity index (χ2v) is 4.86. The van der Waals surface area contributed by atoms with Gasteiger partial charge in [-0.3, -0.25) is 0 Å². The minimum Gasteiger partial charge on any atom is -0.462 e. The molecule has 1 aliphatic carbocycles. The van der Waals surface area contributed by atoms with Gasteiger partial charge in [0.1, 0.15) is 0 Å². The van der Waals surface area contributed by atoms with Crippen molar-refractivity contribution in [3.05, 3.63) is 35.9 Å². The van der Waals surface area contributed by atoms with Gasteiger partial charge in [0, 0.05) is 5.38 Å². The summed E-state index contributed by atoms with van der Waals surface area (Å²) in [6.07, 6.45) is 3.06. The largest absolute Gasteiger partial charge is 0.462 e. The molecule has 0 N–H and O–H groups in total. The molecule has 3 heteroatoms. The Morgan fingerprint density at radius 2 is 2.06 bits per heavy atom. The van der Waals surface area contributed by atoms with Crippen LogP contribution in [0.5, 0.6) is 0 Å². The fourth-order valence-electron chi connectivity index (χ4n) is 2.02. The number of hydrogen-bond acceptors (Lipinski definition) is 2. The quantitative estimate of drug-likeness (QED) is 0.597. The van der Waals surface area contributed by atoms with Crippen LogP contribution in [-0.4, -0.2) is 18.0 Å². The van der Waals surface area contributed by atoms with Crippen LogP contribution in [0, 0.1) is 5.92 Å². The molecule has 0 radical (unpaired) electrons. The van der Waals surface area contributed by atoms with Gasteiger partial charge in [-0.05, 0) is 37.3 Å². The van der Waals surface area contributed by atoms with E-state index >= 15 is 0 Å². The Bertz CT molecular complexity index is 350. The van der Waals surface area contributed by atoms with Crippen molar-refractivity contribution in [1.29, 1.82) is 0 Å². The number of benzene rings is 1. The first-order chi connectivity index (χ1) is 7.75. The van der Waals surface area contributed by atoms with Gasteiger partial charge in [0.15, 0.2) is 0 Å². The van der Waals surface area contributed by atoms with Gasteiger partial charge < -0.3 is 4.74 Å². The zero-order valence-electron chi connectivity index (χ0n) is 9.06. The number of halogens is 1. The van der Waals surface area contributed by atoms with E-state index in [4.69, 9.17) is 16.3 Å². The lowest BCUT2D eigenvalue weighted by atomic mass is 10.1. The van der Waals surface area contributed by atoms with Crippen LogP contribution in [0.1, 0.15) is 29.6 Å². The zero-order valence-corrected chi connectivity index (χ0v) is 9.82. The van der Waals surface area contributed by atoms with Crippen molar-refractivity contribution < 1.29 is 9.53 Å². The van der Waals surface area contributed by atoms with E-state index in [0.717, 1.165) is 19.3 Å². The van der Waals surface area contributed by atoms with E-state index in [2.05, 4.69) is 0 Å². The molecule has 16 heavy (non-hydrogen) atoms. The van der Waals surface area contributed by atoms with Crippen LogP contribution in [0.4, 0.5) is 0 Å². The highest BCUT2D eigenvalue weighted by Crippen LogP contribution is 2.29. The van der Waals surface area contributed by atoms with E-state index < -0.39 is 0 Å². The van der Waals surface area contributed by atoms with Gasteiger partial charge in [0.05, 0.1) is 12.2 Å². The summed E-state index contributed by atoms with van der Waals surface area (Å²) in [6, 6.07) is 9.08. The molecular formula is C13H15ClO2. The van der Waals surface area contributed by atoms with Crippen molar-refractivity contribution in [2.24, 2.45) is 5.92 Å². The molecular weight excluding hydrogens is 224 g/mol. The Balaban J connectivity index is 1.80. The van der Waals surface area contributed by atoms with Gasteiger partial charge in [0.25, 0.3) is 0 Å². The summed E-state index contributed by atoms with van der Waals surface area (Å²) < 4.78 is 5.26. The maximum absolute atomic E-state index is 11.6. The lowest BCUT2D eigenvalue weighted by Crippen LogP contribution is -2.12. The molecule has 2 unspecified atom stereocenters. The van der Waals surface area contributed by atoms with Crippen LogP contribution < -0.4 is 0 Å². The highest BCUT2D eigenvalue weighted by molar-refractivity contribution is 6.20. The molecule has 0 aromatic heterocycles. The predicted octanol–water partition coefficient (Wildman–Crippen LogP) is 3.25. The van der Waals surface area contributed by atoms with Gasteiger partial charge in [0.2, 0.25) is 0 Å². The van der Waals surface area contributed by atoms with E-state index in [-0.39, 0.29) is 11.3 Å². The number of hydrogen-bond donors (Lipinski definition) is 0. The Morgan fingerprint density at radius 3 is 2.69 bits per heavy atom. The second-order valence-electron chi connectivity index (χ2n) is 4.24. The van der Waals surface area contributed by atoms with E-state index in [1.54, 1.807) is 12.1 Å². The fraction of sp³-hybridized carbons (Fsp3) is 0.462. The molecule has 1 aromatic carbocycles. The van der Waals surface area contributed by atoms with Gasteiger partial charge in [-0.15, -0.1) is 11.6 Å². The van der Waals surface area contributed by atoms with Crippen molar-refractivity contribution in [2.75, 3.05) is 6.61 Å². The number of ether oxygens (including phenoxy) is 1. The third kappa shape index (κ3) is 2.99. The molecule has 0 heterocycles. The summed E-state index contributed by atoms with van der Waals surface area (Å²) in [7, 11) is 0. The van der Waals surface area contributed by atoms with Crippen molar-refractivity contribution in [3.8, 4) is 0 Å². The Kier molecular flexibility index (Phi) is 3.83. The van der Waals surface area contributed by atoms with Crippen LogP contribution in [0.25, 0.3) is 0 Å². The molecule has 86 valence electrons. The third-order valence-electron chi connectivity index (χ3n) is 2.94. The van der Waals surface area contributed by atoms with Crippen molar-refractivity contribution in [1.82, 2.24) is 0 Å². The van der Waals surface area contributed by atoms with Gasteiger partial charge in [-0.1, -0.05) is 18.2 Å². The molecule has 2 rings (SSSR count). The lowest BCUT2D eigenvalue weighted by molar-refractivity contribution is 0.0442. The summed E-state index contributed by atoms with van der Waals surface area (Å²) in [6.45, 7) is 0.497. The first-order valence-corrected chi connectivity index (χ1v) is 6.05. The molecule has 0 spiro atoms. The number of esters is 1. The summed E-state index contributed by atoms with van der Waals surface area (Å²) in [4.78, 5) is 11.6. The highest BCUT2D eigenvalue weighted by atomic mass is 35.5. The molecule has 1 saturated carbocycles. The molecule has 0 amide bonds. The number of alkyl halides is 1. The van der Waals surface area contributed by atoms with Gasteiger partial charge in [-0.2, -0.15) is 0 Å². The monoisotopic (exact) mass is 238 g/mol. The summed E-state index contributed by atoms with van der Waals surface area (Å²) >= 11 is 6.00. The Morgan fingerprint density at radius 1 is 1.31 bits per heavy atom. The average Bonchev–Trinajstić information content (AvgIpc) is 2.73. The number of rotatable bonds is 3. The fourth-order valence-corrected chi connectivity index (χ4v) is 2.39.